The molecule has 23 heteroatoms. The Morgan fingerprint density at radius 2 is 1.90 bits per heavy atom. The summed E-state index contributed by atoms with van der Waals surface area (Å²) in [6.07, 6.45) is -8.23. The highest BCUT2D eigenvalue weighted by atomic mass is 32.5. The number of aromatic amines is 1. The first kappa shape index (κ1) is 27.8. The molecule has 0 spiro atoms. The van der Waals surface area contributed by atoms with Gasteiger partial charge in [-0.05, 0) is 11.8 Å². The number of aliphatic hydroxyl groups excluding tert-OH is 2. The average Bonchev–Trinajstić information content (AvgIpc) is 3.69. The second-order valence-corrected chi connectivity index (χ2v) is 11.9. The van der Waals surface area contributed by atoms with Crippen LogP contribution < -0.4 is 17.0 Å². The fourth-order valence-corrected chi connectivity index (χ4v) is 5.98. The fraction of sp³-hybridized carbons (Fsp3) is 0.556. The minimum absolute atomic E-state index is 0.0239. The van der Waals surface area contributed by atoms with Crippen molar-refractivity contribution >= 4 is 52.6 Å². The summed E-state index contributed by atoms with van der Waals surface area (Å²) < 4.78 is 39.6. The van der Waals surface area contributed by atoms with Gasteiger partial charge in [-0.15, -0.1) is 10.2 Å². The van der Waals surface area contributed by atoms with Gasteiger partial charge in [-0.3, -0.25) is 9.78 Å². The summed E-state index contributed by atoms with van der Waals surface area (Å²) in [6.45, 7) is -5.10. The molecule has 8 atom stereocenters. The van der Waals surface area contributed by atoms with Gasteiger partial charge in [-0.2, -0.15) is 14.3 Å². The van der Waals surface area contributed by atoms with Gasteiger partial charge in [0.05, 0.1) is 19.3 Å². The molecule has 1 unspecified atom stereocenters. The first-order valence-corrected chi connectivity index (χ1v) is 14.5. The number of anilines is 2. The highest BCUT2D eigenvalue weighted by molar-refractivity contribution is 8.07. The number of fused-ring (bicyclic) bond motifs is 2. The first-order valence-electron chi connectivity index (χ1n) is 11.9. The molecule has 2 saturated heterocycles. The summed E-state index contributed by atoms with van der Waals surface area (Å²) in [5, 5.41) is 35.4. The van der Waals surface area contributed by atoms with Gasteiger partial charge in [-0.1, -0.05) is 10.4 Å². The minimum Gasteiger partial charge on any atom is -0.394 e. The van der Waals surface area contributed by atoms with E-state index < -0.39 is 68.5 Å². The number of hydrogen-bond acceptors (Lipinski definition) is 17. The molecule has 4 aromatic heterocycles. The SMILES string of the molecule is Nc1nc2c(nnn2[C@@H]2O[C@H](CO)C[C@H]2OP(O)(=S)OC[C@H]2O[C@@H](n3nnc4c(N)ncnc43)[C@@H](F)[C@@H]2O)c(=O)[nH]1. The maximum atomic E-state index is 15.0. The minimum atomic E-state index is -4.11. The Balaban J connectivity index is 1.16. The van der Waals surface area contributed by atoms with Crippen molar-refractivity contribution in [1.29, 1.82) is 0 Å². The van der Waals surface area contributed by atoms with Gasteiger partial charge in [0.2, 0.25) is 5.95 Å². The lowest BCUT2D eigenvalue weighted by atomic mass is 10.1. The number of nitrogens with one attached hydrogen (secondary N) is 1. The third-order valence-electron chi connectivity index (χ3n) is 6.44. The third-order valence-corrected chi connectivity index (χ3v) is 8.02. The molecular formula is C18H22FN12O8PS. The van der Waals surface area contributed by atoms with Crippen molar-refractivity contribution in [2.75, 3.05) is 24.7 Å². The van der Waals surface area contributed by atoms with Crippen molar-refractivity contribution in [2.45, 2.75) is 49.5 Å². The molecule has 2 fully saturated rings. The maximum absolute atomic E-state index is 15.0. The monoisotopic (exact) mass is 616 g/mol. The van der Waals surface area contributed by atoms with E-state index in [0.29, 0.717) is 0 Å². The van der Waals surface area contributed by atoms with Crippen molar-refractivity contribution in [2.24, 2.45) is 0 Å². The Hall–Kier alpha value is -3.34. The summed E-state index contributed by atoms with van der Waals surface area (Å²) in [7, 11) is 0. The van der Waals surface area contributed by atoms with Crippen LogP contribution in [0.25, 0.3) is 22.3 Å². The highest BCUT2D eigenvalue weighted by Crippen LogP contribution is 2.50. The van der Waals surface area contributed by atoms with Crippen LogP contribution in [0.2, 0.25) is 0 Å². The number of hydrogen-bond donors (Lipinski definition) is 6. The molecule has 4 aromatic rings. The number of nitrogens with zero attached hydrogens (tertiary/aromatic N) is 9. The molecule has 0 aromatic carbocycles. The summed E-state index contributed by atoms with van der Waals surface area (Å²) in [6, 6.07) is 0. The largest absolute Gasteiger partial charge is 0.394 e. The molecule has 2 aliphatic rings. The molecule has 20 nitrogen and oxygen atoms in total. The lowest BCUT2D eigenvalue weighted by Crippen LogP contribution is -2.31. The second-order valence-electron chi connectivity index (χ2n) is 9.10. The van der Waals surface area contributed by atoms with Gasteiger partial charge in [0.15, 0.2) is 46.8 Å². The number of H-pyrrole nitrogens is 1. The lowest BCUT2D eigenvalue weighted by Gasteiger charge is -2.25. The molecule has 0 saturated carbocycles. The molecule has 2 aliphatic heterocycles. The van der Waals surface area contributed by atoms with Gasteiger partial charge >= 0.3 is 6.72 Å². The summed E-state index contributed by atoms with van der Waals surface area (Å²) in [5.41, 5.74) is 10.8. The van der Waals surface area contributed by atoms with Crippen molar-refractivity contribution in [1.82, 2.24) is 49.9 Å². The van der Waals surface area contributed by atoms with Crippen molar-refractivity contribution in [3.8, 4) is 0 Å². The van der Waals surface area contributed by atoms with E-state index in [-0.39, 0.29) is 40.5 Å². The van der Waals surface area contributed by atoms with E-state index in [4.69, 9.17) is 41.8 Å². The number of nitrogen functional groups attached to an aromatic ring is 2. The first-order chi connectivity index (χ1) is 19.6. The van der Waals surface area contributed by atoms with Gasteiger partial charge < -0.3 is 45.1 Å². The summed E-state index contributed by atoms with van der Waals surface area (Å²) in [4.78, 5) is 37.1. The van der Waals surface area contributed by atoms with E-state index in [1.54, 1.807) is 0 Å². The quantitative estimate of drug-likeness (QED) is 0.111. The van der Waals surface area contributed by atoms with Crippen LogP contribution in [-0.2, 0) is 30.3 Å². The molecular weight excluding hydrogens is 594 g/mol. The van der Waals surface area contributed by atoms with Crippen LogP contribution in [-0.4, -0.2) is 109 Å². The molecule has 0 aliphatic carbocycles. The zero-order valence-electron chi connectivity index (χ0n) is 20.5. The number of aliphatic hydroxyl groups is 2. The zero-order valence-corrected chi connectivity index (χ0v) is 22.2. The third kappa shape index (κ3) is 5.02. The van der Waals surface area contributed by atoms with Gasteiger partial charge in [0, 0.05) is 6.42 Å². The molecule has 41 heavy (non-hydrogen) atoms. The molecule has 6 heterocycles. The predicted molar refractivity (Wildman–Crippen MR) is 136 cm³/mol. The Morgan fingerprint density at radius 1 is 1.17 bits per heavy atom. The van der Waals surface area contributed by atoms with E-state index in [1.165, 1.54) is 0 Å². The number of nitrogens with two attached hydrogens (primary N) is 2. The Bertz CT molecular complexity index is 1710. The van der Waals surface area contributed by atoms with Crippen LogP contribution in [0.4, 0.5) is 16.2 Å². The lowest BCUT2D eigenvalue weighted by molar-refractivity contribution is -0.0611. The van der Waals surface area contributed by atoms with Crippen LogP contribution in [0.3, 0.4) is 0 Å². The van der Waals surface area contributed by atoms with E-state index in [0.717, 1.165) is 15.7 Å². The highest BCUT2D eigenvalue weighted by Gasteiger charge is 2.48. The van der Waals surface area contributed by atoms with E-state index in [9.17, 15) is 19.9 Å². The van der Waals surface area contributed by atoms with Gasteiger partial charge in [0.25, 0.3) is 5.56 Å². The number of ether oxygens (including phenoxy) is 2. The summed E-state index contributed by atoms with van der Waals surface area (Å²) >= 11 is 5.14. The Labute approximate surface area is 231 Å². The smallest absolute Gasteiger partial charge is 0.325 e. The summed E-state index contributed by atoms with van der Waals surface area (Å²) in [5.74, 6) is -0.180. The van der Waals surface area contributed by atoms with E-state index in [2.05, 4.69) is 40.6 Å². The van der Waals surface area contributed by atoms with Crippen LogP contribution in [0.1, 0.15) is 18.9 Å². The van der Waals surface area contributed by atoms with E-state index >= 15 is 4.39 Å². The van der Waals surface area contributed by atoms with Crippen LogP contribution in [0.5, 0.6) is 0 Å². The number of halogens is 1. The van der Waals surface area contributed by atoms with Crippen LogP contribution >= 0.6 is 6.72 Å². The Kier molecular flexibility index (Phi) is 7.12. The van der Waals surface area contributed by atoms with Gasteiger partial charge in [0.1, 0.15) is 24.6 Å². The van der Waals surface area contributed by atoms with Crippen LogP contribution in [0.15, 0.2) is 11.1 Å². The van der Waals surface area contributed by atoms with Crippen molar-refractivity contribution in [3.63, 3.8) is 0 Å². The van der Waals surface area contributed by atoms with E-state index in [1.807, 2.05) is 0 Å². The zero-order chi connectivity index (χ0) is 29.1. The maximum Gasteiger partial charge on any atom is 0.325 e. The van der Waals surface area contributed by atoms with Gasteiger partial charge in [-0.25, -0.2) is 14.4 Å². The second kappa shape index (κ2) is 10.5. The molecule has 6 rings (SSSR count). The van der Waals surface area contributed by atoms with Crippen molar-refractivity contribution in [3.05, 3.63) is 16.7 Å². The molecule has 8 N–H and O–H groups in total. The Morgan fingerprint density at radius 3 is 2.66 bits per heavy atom. The molecule has 0 radical (unpaired) electrons. The fourth-order valence-electron chi connectivity index (χ4n) is 4.53. The molecule has 0 amide bonds. The van der Waals surface area contributed by atoms with Crippen molar-refractivity contribution < 1.29 is 38.0 Å². The normalized spacial score (nSPS) is 29.9. The van der Waals surface area contributed by atoms with Crippen LogP contribution in [0, 0.1) is 0 Å². The number of rotatable bonds is 8. The number of aromatic nitrogens is 10. The topological polar surface area (TPSA) is 283 Å². The standard InChI is InChI=1S/C18H22FN12O8PS/c19-8-11(33)7(38-17(8)30-13-9(26-28-30)12(20)22-4-23-13)3-36-40(35,41)39-6-1-5(2-32)37-16(6)31-14-10(27-29-31)15(34)25-18(21)24-14/h4-8,11,16-17,32-33H,1-3H2,(H,35,41)(H2,20,22,23)(H3,21,24,25,34)/t5-,6+,7+,8-,11+,16+,17+,40?/m0/s1. The predicted octanol–water partition coefficient (Wildman–Crippen LogP) is -2.59. The molecule has 220 valence electrons. The average molecular weight is 616 g/mol. The number of alkyl halides is 1. The molecule has 0 bridgehead atoms.